The van der Waals surface area contributed by atoms with E-state index >= 15 is 0 Å². The van der Waals surface area contributed by atoms with Crippen LogP contribution in [-0.2, 0) is 0 Å². The van der Waals surface area contributed by atoms with Crippen molar-refractivity contribution in [3.63, 3.8) is 0 Å². The molecule has 1 N–H and O–H groups in total. The number of hydrogen-bond donors (Lipinski definition) is 1. The topological polar surface area (TPSA) is 47.0 Å². The summed E-state index contributed by atoms with van der Waals surface area (Å²) >= 11 is 5.62. The number of unbranched alkanes of at least 4 members (excludes halogenated alkanes) is 3. The molecule has 0 amide bonds. The lowest BCUT2D eigenvalue weighted by atomic mass is 10.2. The highest BCUT2D eigenvalue weighted by molar-refractivity contribution is 6.17. The first-order chi connectivity index (χ1) is 8.29. The lowest BCUT2D eigenvalue weighted by molar-refractivity contribution is 0.393. The molecular weight excluding hydrogens is 238 g/mol. The van der Waals surface area contributed by atoms with Crippen molar-refractivity contribution in [3.8, 4) is 5.88 Å². The van der Waals surface area contributed by atoms with Crippen molar-refractivity contribution in [2.45, 2.75) is 32.6 Å². The summed E-state index contributed by atoms with van der Waals surface area (Å²) in [6.07, 6.45) is 6.13. The number of aromatic nitrogens is 2. The smallest absolute Gasteiger partial charge is 0.221 e. The van der Waals surface area contributed by atoms with E-state index in [-0.39, 0.29) is 0 Å². The van der Waals surface area contributed by atoms with Gasteiger partial charge in [-0.05, 0) is 19.8 Å². The lowest BCUT2D eigenvalue weighted by Crippen LogP contribution is -2.06. The van der Waals surface area contributed by atoms with E-state index in [0.717, 1.165) is 36.6 Å². The van der Waals surface area contributed by atoms with Crippen molar-refractivity contribution in [2.75, 3.05) is 24.9 Å². The molecule has 0 bridgehead atoms. The molecule has 0 spiro atoms. The molecule has 0 unspecified atom stereocenters. The van der Waals surface area contributed by atoms with Crippen LogP contribution in [0.25, 0.3) is 0 Å². The molecule has 0 aromatic carbocycles. The van der Waals surface area contributed by atoms with Gasteiger partial charge in [0.05, 0.1) is 12.7 Å². The van der Waals surface area contributed by atoms with Crippen LogP contribution >= 0.6 is 11.6 Å². The van der Waals surface area contributed by atoms with E-state index in [0.29, 0.717) is 5.88 Å². The van der Waals surface area contributed by atoms with Crippen molar-refractivity contribution in [2.24, 2.45) is 0 Å². The van der Waals surface area contributed by atoms with Crippen LogP contribution < -0.4 is 10.1 Å². The van der Waals surface area contributed by atoms with Gasteiger partial charge in [0.15, 0.2) is 0 Å². The first-order valence-electron chi connectivity index (χ1n) is 5.95. The molecule has 1 rings (SSSR count). The Balaban J connectivity index is 2.31. The Labute approximate surface area is 108 Å². The minimum Gasteiger partial charge on any atom is -0.481 e. The molecule has 0 fully saturated rings. The number of alkyl halides is 1. The fourth-order valence-electron chi connectivity index (χ4n) is 1.60. The van der Waals surface area contributed by atoms with Crippen molar-refractivity contribution in [3.05, 3.63) is 11.9 Å². The van der Waals surface area contributed by atoms with Crippen molar-refractivity contribution in [1.82, 2.24) is 9.97 Å². The maximum absolute atomic E-state index is 5.62. The molecule has 0 saturated carbocycles. The number of nitrogens with one attached hydrogen (secondary N) is 1. The van der Waals surface area contributed by atoms with Crippen LogP contribution in [0.15, 0.2) is 6.33 Å². The SMILES string of the molecule is COc1ncnc(NCCCCCCCl)c1C. The average Bonchev–Trinajstić information content (AvgIpc) is 2.35. The standard InChI is InChI=1S/C12H20ClN3O/c1-10-11(15-9-16-12(10)17-2)14-8-6-4-3-5-7-13/h9H,3-8H2,1-2H3,(H,14,15,16). The van der Waals surface area contributed by atoms with Gasteiger partial charge in [0.2, 0.25) is 5.88 Å². The molecule has 17 heavy (non-hydrogen) atoms. The Bertz CT molecular complexity index is 334. The summed E-state index contributed by atoms with van der Waals surface area (Å²) in [5, 5.41) is 3.30. The zero-order valence-electron chi connectivity index (χ0n) is 10.5. The molecule has 5 heteroatoms. The average molecular weight is 258 g/mol. The van der Waals surface area contributed by atoms with Gasteiger partial charge in [-0.3, -0.25) is 0 Å². The number of methoxy groups -OCH3 is 1. The molecular formula is C12H20ClN3O. The van der Waals surface area contributed by atoms with Gasteiger partial charge in [0.25, 0.3) is 0 Å². The van der Waals surface area contributed by atoms with Crippen molar-refractivity contribution in [1.29, 1.82) is 0 Å². The Hall–Kier alpha value is -1.03. The van der Waals surface area contributed by atoms with E-state index < -0.39 is 0 Å². The highest BCUT2D eigenvalue weighted by Crippen LogP contribution is 2.19. The fraction of sp³-hybridized carbons (Fsp3) is 0.667. The molecule has 1 heterocycles. The number of nitrogens with zero attached hydrogens (tertiary/aromatic N) is 2. The van der Waals surface area contributed by atoms with E-state index in [1.54, 1.807) is 7.11 Å². The van der Waals surface area contributed by atoms with Gasteiger partial charge in [-0.25, -0.2) is 9.97 Å². The highest BCUT2D eigenvalue weighted by Gasteiger charge is 2.05. The molecule has 0 atom stereocenters. The van der Waals surface area contributed by atoms with E-state index in [2.05, 4.69) is 15.3 Å². The predicted molar refractivity (Wildman–Crippen MR) is 71.0 cm³/mol. The third kappa shape index (κ3) is 4.77. The van der Waals surface area contributed by atoms with Crippen LogP contribution in [-0.4, -0.2) is 29.5 Å². The normalized spacial score (nSPS) is 10.3. The van der Waals surface area contributed by atoms with Crippen LogP contribution in [0.5, 0.6) is 5.88 Å². The van der Waals surface area contributed by atoms with Gasteiger partial charge in [0, 0.05) is 12.4 Å². The van der Waals surface area contributed by atoms with Gasteiger partial charge >= 0.3 is 0 Å². The molecule has 1 aromatic heterocycles. The van der Waals surface area contributed by atoms with Gasteiger partial charge in [0.1, 0.15) is 12.1 Å². The Morgan fingerprint density at radius 1 is 1.24 bits per heavy atom. The monoisotopic (exact) mass is 257 g/mol. The lowest BCUT2D eigenvalue weighted by Gasteiger charge is -2.10. The van der Waals surface area contributed by atoms with E-state index in [4.69, 9.17) is 16.3 Å². The Morgan fingerprint density at radius 3 is 2.71 bits per heavy atom. The number of rotatable bonds is 8. The Kier molecular flexibility index (Phi) is 6.70. The third-order valence-electron chi connectivity index (χ3n) is 2.58. The van der Waals surface area contributed by atoms with Gasteiger partial charge in [-0.2, -0.15) is 0 Å². The largest absolute Gasteiger partial charge is 0.481 e. The number of halogens is 1. The van der Waals surface area contributed by atoms with E-state index in [9.17, 15) is 0 Å². The third-order valence-corrected chi connectivity index (χ3v) is 2.85. The minimum atomic E-state index is 0.629. The maximum Gasteiger partial charge on any atom is 0.221 e. The molecule has 96 valence electrons. The summed E-state index contributed by atoms with van der Waals surface area (Å²) in [6.45, 7) is 2.87. The Morgan fingerprint density at radius 2 is 2.00 bits per heavy atom. The molecule has 0 aliphatic heterocycles. The number of hydrogen-bond acceptors (Lipinski definition) is 4. The number of anilines is 1. The molecule has 0 aliphatic rings. The maximum atomic E-state index is 5.62. The molecule has 0 radical (unpaired) electrons. The molecule has 1 aromatic rings. The number of ether oxygens (including phenoxy) is 1. The summed E-state index contributed by atoms with van der Waals surface area (Å²) in [7, 11) is 1.62. The highest BCUT2D eigenvalue weighted by atomic mass is 35.5. The minimum absolute atomic E-state index is 0.629. The summed E-state index contributed by atoms with van der Waals surface area (Å²) in [5.74, 6) is 2.24. The van der Waals surface area contributed by atoms with Gasteiger partial charge in [-0.15, -0.1) is 11.6 Å². The molecule has 0 saturated heterocycles. The fourth-order valence-corrected chi connectivity index (χ4v) is 1.79. The van der Waals surface area contributed by atoms with Crippen LogP contribution in [0.1, 0.15) is 31.2 Å². The van der Waals surface area contributed by atoms with Gasteiger partial charge in [-0.1, -0.05) is 12.8 Å². The second-order valence-corrected chi connectivity index (χ2v) is 4.26. The zero-order valence-corrected chi connectivity index (χ0v) is 11.3. The van der Waals surface area contributed by atoms with Gasteiger partial charge < -0.3 is 10.1 Å². The predicted octanol–water partition coefficient (Wildman–Crippen LogP) is 3.00. The van der Waals surface area contributed by atoms with Crippen molar-refractivity contribution >= 4 is 17.4 Å². The summed E-state index contributed by atoms with van der Waals surface area (Å²) in [5.41, 5.74) is 0.954. The summed E-state index contributed by atoms with van der Waals surface area (Å²) < 4.78 is 5.14. The van der Waals surface area contributed by atoms with Crippen LogP contribution in [0, 0.1) is 6.92 Å². The summed E-state index contributed by atoms with van der Waals surface area (Å²) in [6, 6.07) is 0. The van der Waals surface area contributed by atoms with E-state index in [1.807, 2.05) is 6.92 Å². The second-order valence-electron chi connectivity index (χ2n) is 3.89. The molecule has 4 nitrogen and oxygen atoms in total. The van der Waals surface area contributed by atoms with Crippen LogP contribution in [0.2, 0.25) is 0 Å². The van der Waals surface area contributed by atoms with Crippen molar-refractivity contribution < 1.29 is 4.74 Å². The zero-order chi connectivity index (χ0) is 12.5. The quantitative estimate of drug-likeness (QED) is 0.575. The second kappa shape index (κ2) is 8.12. The first kappa shape index (κ1) is 14.0. The van der Waals surface area contributed by atoms with Crippen LogP contribution in [0.4, 0.5) is 5.82 Å². The molecule has 0 aliphatic carbocycles. The van der Waals surface area contributed by atoms with Crippen LogP contribution in [0.3, 0.4) is 0 Å². The first-order valence-corrected chi connectivity index (χ1v) is 6.48. The van der Waals surface area contributed by atoms with E-state index in [1.165, 1.54) is 19.2 Å². The summed E-state index contributed by atoms with van der Waals surface area (Å²) in [4.78, 5) is 8.24.